The van der Waals surface area contributed by atoms with E-state index >= 15 is 0 Å². The zero-order valence-electron chi connectivity index (χ0n) is 12.5. The summed E-state index contributed by atoms with van der Waals surface area (Å²) in [7, 11) is 0. The first-order valence-corrected chi connectivity index (χ1v) is 7.66. The summed E-state index contributed by atoms with van der Waals surface area (Å²) >= 11 is 0. The molecule has 0 saturated carbocycles. The lowest BCUT2D eigenvalue weighted by molar-refractivity contribution is 0.174. The van der Waals surface area contributed by atoms with Crippen LogP contribution in [-0.4, -0.2) is 24.9 Å². The zero-order chi connectivity index (χ0) is 15.2. The summed E-state index contributed by atoms with van der Waals surface area (Å²) in [6, 6.07) is 15.6. The molecule has 1 heterocycles. The van der Waals surface area contributed by atoms with Gasteiger partial charge in [-0.25, -0.2) is 0 Å². The second kappa shape index (κ2) is 7.29. The predicted molar refractivity (Wildman–Crippen MR) is 85.2 cm³/mol. The van der Waals surface area contributed by atoms with Crippen LogP contribution in [0, 0.1) is 0 Å². The molecule has 0 amide bonds. The third-order valence-corrected chi connectivity index (χ3v) is 3.69. The number of para-hydroxylation sites is 1. The van der Waals surface area contributed by atoms with Crippen molar-refractivity contribution >= 4 is 0 Å². The summed E-state index contributed by atoms with van der Waals surface area (Å²) in [6.07, 6.45) is 0.384. The number of nitrogens with one attached hydrogen (secondary N) is 1. The van der Waals surface area contributed by atoms with Crippen LogP contribution < -0.4 is 14.8 Å². The molecule has 1 aliphatic heterocycles. The summed E-state index contributed by atoms with van der Waals surface area (Å²) in [4.78, 5) is 0. The predicted octanol–water partition coefficient (Wildman–Crippen LogP) is 2.67. The molecule has 0 saturated heterocycles. The molecule has 0 aromatic heterocycles. The van der Waals surface area contributed by atoms with Crippen molar-refractivity contribution in [1.82, 2.24) is 5.32 Å². The molecule has 1 atom stereocenters. The van der Waals surface area contributed by atoms with Crippen molar-refractivity contribution in [2.75, 3.05) is 19.8 Å². The van der Waals surface area contributed by atoms with Crippen molar-refractivity contribution in [3.8, 4) is 11.5 Å². The van der Waals surface area contributed by atoms with Gasteiger partial charge in [0.1, 0.15) is 0 Å². The van der Waals surface area contributed by atoms with E-state index in [1.165, 1.54) is 0 Å². The lowest BCUT2D eigenvalue weighted by Gasteiger charge is -2.15. The van der Waals surface area contributed by atoms with Crippen molar-refractivity contribution in [3.05, 3.63) is 59.7 Å². The fraction of sp³-hybridized carbons (Fsp3) is 0.333. The fourth-order valence-electron chi connectivity index (χ4n) is 2.53. The first-order valence-electron chi connectivity index (χ1n) is 7.66. The number of fused-ring (bicyclic) bond motifs is 1. The quantitative estimate of drug-likeness (QED) is 0.891. The first kappa shape index (κ1) is 14.9. The van der Waals surface area contributed by atoms with E-state index in [2.05, 4.69) is 5.32 Å². The molecule has 1 aliphatic rings. The molecule has 2 aromatic carbocycles. The highest BCUT2D eigenvalue weighted by Gasteiger charge is 2.14. The van der Waals surface area contributed by atoms with Crippen LogP contribution in [0.1, 0.15) is 23.7 Å². The SMILES string of the molecule is O[C@H](CNCc1cccc2c1OCCCO2)c1ccccc1. The van der Waals surface area contributed by atoms with Gasteiger partial charge < -0.3 is 19.9 Å². The molecule has 2 aromatic rings. The van der Waals surface area contributed by atoms with Crippen LogP contribution in [0.25, 0.3) is 0 Å². The molecule has 0 spiro atoms. The smallest absolute Gasteiger partial charge is 0.165 e. The summed E-state index contributed by atoms with van der Waals surface area (Å²) in [5, 5.41) is 13.4. The number of aliphatic hydroxyl groups is 1. The van der Waals surface area contributed by atoms with Gasteiger partial charge in [-0.05, 0) is 11.6 Å². The highest BCUT2D eigenvalue weighted by Crippen LogP contribution is 2.33. The second-order valence-electron chi connectivity index (χ2n) is 5.35. The Bertz CT molecular complexity index is 601. The van der Waals surface area contributed by atoms with E-state index in [0.29, 0.717) is 26.3 Å². The zero-order valence-corrected chi connectivity index (χ0v) is 12.5. The van der Waals surface area contributed by atoms with Crippen LogP contribution in [0.15, 0.2) is 48.5 Å². The molecular weight excluding hydrogens is 278 g/mol. The molecule has 0 aliphatic carbocycles. The van der Waals surface area contributed by atoms with E-state index < -0.39 is 6.10 Å². The molecule has 22 heavy (non-hydrogen) atoms. The van der Waals surface area contributed by atoms with E-state index in [1.54, 1.807) is 0 Å². The van der Waals surface area contributed by atoms with Gasteiger partial charge in [-0.2, -0.15) is 0 Å². The van der Waals surface area contributed by atoms with Crippen LogP contribution in [-0.2, 0) is 6.54 Å². The summed E-state index contributed by atoms with van der Waals surface area (Å²) in [5.41, 5.74) is 1.97. The van der Waals surface area contributed by atoms with Crippen LogP contribution in [0.3, 0.4) is 0 Å². The Morgan fingerprint density at radius 3 is 2.68 bits per heavy atom. The van der Waals surface area contributed by atoms with Crippen LogP contribution >= 0.6 is 0 Å². The minimum atomic E-state index is -0.513. The Morgan fingerprint density at radius 2 is 1.82 bits per heavy atom. The molecule has 2 N–H and O–H groups in total. The number of aliphatic hydroxyl groups excluding tert-OH is 1. The molecule has 0 unspecified atom stereocenters. The van der Waals surface area contributed by atoms with Gasteiger partial charge in [-0.1, -0.05) is 42.5 Å². The molecule has 0 radical (unpaired) electrons. The molecular formula is C18H21NO3. The maximum absolute atomic E-state index is 10.2. The topological polar surface area (TPSA) is 50.7 Å². The largest absolute Gasteiger partial charge is 0.490 e. The third-order valence-electron chi connectivity index (χ3n) is 3.69. The fourth-order valence-corrected chi connectivity index (χ4v) is 2.53. The number of hydrogen-bond donors (Lipinski definition) is 2. The van der Waals surface area contributed by atoms with Crippen LogP contribution in [0.4, 0.5) is 0 Å². The normalized spacial score (nSPS) is 15.1. The number of ether oxygens (including phenoxy) is 2. The lowest BCUT2D eigenvalue weighted by atomic mass is 10.1. The second-order valence-corrected chi connectivity index (χ2v) is 5.35. The van der Waals surface area contributed by atoms with Crippen molar-refractivity contribution in [3.63, 3.8) is 0 Å². The number of benzene rings is 2. The Morgan fingerprint density at radius 1 is 1.00 bits per heavy atom. The monoisotopic (exact) mass is 299 g/mol. The van der Waals surface area contributed by atoms with Crippen molar-refractivity contribution in [1.29, 1.82) is 0 Å². The van der Waals surface area contributed by atoms with Gasteiger partial charge in [0.15, 0.2) is 11.5 Å². The molecule has 4 nitrogen and oxygen atoms in total. The standard InChI is InChI=1S/C18H21NO3/c20-16(14-6-2-1-3-7-14)13-19-12-15-8-4-9-17-18(15)22-11-5-10-21-17/h1-4,6-9,16,19-20H,5,10-13H2/t16-/m1/s1. The highest BCUT2D eigenvalue weighted by molar-refractivity contribution is 5.47. The summed E-state index contributed by atoms with van der Waals surface area (Å²) in [6.45, 7) is 2.50. The maximum atomic E-state index is 10.2. The maximum Gasteiger partial charge on any atom is 0.165 e. The Labute approximate surface area is 130 Å². The van der Waals surface area contributed by atoms with Crippen molar-refractivity contribution in [2.24, 2.45) is 0 Å². The molecule has 116 valence electrons. The van der Waals surface area contributed by atoms with Crippen molar-refractivity contribution in [2.45, 2.75) is 19.1 Å². The van der Waals surface area contributed by atoms with Gasteiger partial charge >= 0.3 is 0 Å². The van der Waals surface area contributed by atoms with Crippen molar-refractivity contribution < 1.29 is 14.6 Å². The van der Waals surface area contributed by atoms with Crippen LogP contribution in [0.2, 0.25) is 0 Å². The van der Waals surface area contributed by atoms with E-state index in [4.69, 9.17) is 9.47 Å². The van der Waals surface area contributed by atoms with Gasteiger partial charge in [0, 0.05) is 25.1 Å². The van der Waals surface area contributed by atoms with Crippen LogP contribution in [0.5, 0.6) is 11.5 Å². The Kier molecular flexibility index (Phi) is 4.93. The van der Waals surface area contributed by atoms with E-state index in [9.17, 15) is 5.11 Å². The third kappa shape index (κ3) is 3.59. The van der Waals surface area contributed by atoms with Gasteiger partial charge in [-0.15, -0.1) is 0 Å². The first-order chi connectivity index (χ1) is 10.8. The Hall–Kier alpha value is -2.04. The molecule has 3 rings (SSSR count). The average molecular weight is 299 g/mol. The highest BCUT2D eigenvalue weighted by atomic mass is 16.5. The number of rotatable bonds is 5. The summed E-state index contributed by atoms with van der Waals surface area (Å²) < 4.78 is 11.5. The van der Waals surface area contributed by atoms with Gasteiger partial charge in [0.05, 0.1) is 19.3 Å². The van der Waals surface area contributed by atoms with Gasteiger partial charge in [0.2, 0.25) is 0 Å². The van der Waals surface area contributed by atoms with E-state index in [0.717, 1.165) is 29.0 Å². The average Bonchev–Trinajstić information content (AvgIpc) is 2.81. The molecule has 4 heteroatoms. The van der Waals surface area contributed by atoms with E-state index in [1.807, 2.05) is 48.5 Å². The Balaban J connectivity index is 1.60. The van der Waals surface area contributed by atoms with Gasteiger partial charge in [-0.3, -0.25) is 0 Å². The van der Waals surface area contributed by atoms with Gasteiger partial charge in [0.25, 0.3) is 0 Å². The lowest BCUT2D eigenvalue weighted by Crippen LogP contribution is -2.21. The minimum absolute atomic E-state index is 0.495. The number of hydrogen-bond acceptors (Lipinski definition) is 4. The van der Waals surface area contributed by atoms with E-state index in [-0.39, 0.29) is 0 Å². The minimum Gasteiger partial charge on any atom is -0.490 e. The molecule has 0 bridgehead atoms. The molecule has 0 fully saturated rings. The summed E-state index contributed by atoms with van der Waals surface area (Å²) in [5.74, 6) is 1.63.